The summed E-state index contributed by atoms with van der Waals surface area (Å²) in [5.41, 5.74) is 1.53. The zero-order valence-electron chi connectivity index (χ0n) is 11.8. The predicted octanol–water partition coefficient (Wildman–Crippen LogP) is 2.26. The second-order valence-electron chi connectivity index (χ2n) is 4.45. The highest BCUT2D eigenvalue weighted by Gasteiger charge is 2.33. The summed E-state index contributed by atoms with van der Waals surface area (Å²) in [6.45, 7) is 1.66. The van der Waals surface area contributed by atoms with E-state index >= 15 is 0 Å². The summed E-state index contributed by atoms with van der Waals surface area (Å²) in [6, 6.07) is 4.35. The van der Waals surface area contributed by atoms with E-state index in [9.17, 15) is 9.59 Å². The standard InChI is InChI=1S/C14H15BrN2O4/c1-7-11(13(18)21-3)12(17-14(19)16-7)9-6-8(20-2)4-5-10(9)15/h4-6,12H,1-3H3,(H2,16,17,19)/t12-/m0/s1. The van der Waals surface area contributed by atoms with E-state index in [1.54, 1.807) is 32.2 Å². The first-order valence-electron chi connectivity index (χ1n) is 6.18. The summed E-state index contributed by atoms with van der Waals surface area (Å²) in [7, 11) is 2.85. The minimum absolute atomic E-state index is 0.353. The van der Waals surface area contributed by atoms with E-state index < -0.39 is 12.0 Å². The highest BCUT2D eigenvalue weighted by molar-refractivity contribution is 9.10. The molecule has 0 fully saturated rings. The molecule has 1 heterocycles. The van der Waals surface area contributed by atoms with Crippen LogP contribution in [0.2, 0.25) is 0 Å². The molecule has 1 aliphatic rings. The number of urea groups is 1. The summed E-state index contributed by atoms with van der Waals surface area (Å²) in [5, 5.41) is 5.30. The molecule has 2 amide bonds. The van der Waals surface area contributed by atoms with Gasteiger partial charge in [0, 0.05) is 10.2 Å². The van der Waals surface area contributed by atoms with Crippen molar-refractivity contribution in [1.82, 2.24) is 10.6 Å². The van der Waals surface area contributed by atoms with Gasteiger partial charge < -0.3 is 20.1 Å². The Kier molecular flexibility index (Phi) is 4.52. The Labute approximate surface area is 130 Å². The van der Waals surface area contributed by atoms with Crippen molar-refractivity contribution in [2.75, 3.05) is 14.2 Å². The van der Waals surface area contributed by atoms with Crippen LogP contribution in [0.5, 0.6) is 5.75 Å². The van der Waals surface area contributed by atoms with Gasteiger partial charge >= 0.3 is 12.0 Å². The summed E-state index contributed by atoms with van der Waals surface area (Å²) in [5.74, 6) is 0.127. The lowest BCUT2D eigenvalue weighted by Gasteiger charge is -2.28. The van der Waals surface area contributed by atoms with Gasteiger partial charge in [0.15, 0.2) is 0 Å². The van der Waals surface area contributed by atoms with Crippen molar-refractivity contribution in [3.63, 3.8) is 0 Å². The molecule has 7 heteroatoms. The summed E-state index contributed by atoms with van der Waals surface area (Å²) in [4.78, 5) is 23.7. The van der Waals surface area contributed by atoms with Gasteiger partial charge in [-0.1, -0.05) is 15.9 Å². The SMILES string of the molecule is COC(=O)C1=C(C)NC(=O)N[C@H]1c1cc(OC)ccc1Br. The Morgan fingerprint density at radius 1 is 1.33 bits per heavy atom. The number of ether oxygens (including phenoxy) is 2. The van der Waals surface area contributed by atoms with Gasteiger partial charge in [-0.15, -0.1) is 0 Å². The van der Waals surface area contributed by atoms with Crippen LogP contribution in [0.3, 0.4) is 0 Å². The minimum atomic E-state index is -0.615. The van der Waals surface area contributed by atoms with Crippen LogP contribution >= 0.6 is 15.9 Å². The third kappa shape index (κ3) is 3.02. The van der Waals surface area contributed by atoms with Gasteiger partial charge in [-0.3, -0.25) is 0 Å². The Morgan fingerprint density at radius 2 is 2.05 bits per heavy atom. The van der Waals surface area contributed by atoms with Crippen LogP contribution in [0, 0.1) is 0 Å². The molecule has 0 aliphatic carbocycles. The van der Waals surface area contributed by atoms with Gasteiger partial charge in [0.05, 0.1) is 25.8 Å². The Balaban J connectivity index is 2.56. The highest BCUT2D eigenvalue weighted by Crippen LogP contribution is 2.34. The zero-order valence-corrected chi connectivity index (χ0v) is 13.4. The summed E-state index contributed by atoms with van der Waals surface area (Å²) < 4.78 is 10.8. The van der Waals surface area contributed by atoms with Gasteiger partial charge in [-0.05, 0) is 30.7 Å². The molecule has 1 aromatic carbocycles. The summed E-state index contributed by atoms with van der Waals surface area (Å²) in [6.07, 6.45) is 0. The average Bonchev–Trinajstić information content (AvgIpc) is 2.46. The maximum Gasteiger partial charge on any atom is 0.337 e. The topological polar surface area (TPSA) is 76.7 Å². The van der Waals surface area contributed by atoms with Crippen molar-refractivity contribution in [2.45, 2.75) is 13.0 Å². The number of methoxy groups -OCH3 is 2. The van der Waals surface area contributed by atoms with Crippen LogP contribution in [0.25, 0.3) is 0 Å². The normalized spacial score (nSPS) is 17.9. The van der Waals surface area contributed by atoms with E-state index in [4.69, 9.17) is 9.47 Å². The van der Waals surface area contributed by atoms with Gasteiger partial charge in [0.2, 0.25) is 0 Å². The van der Waals surface area contributed by atoms with Crippen LogP contribution in [-0.4, -0.2) is 26.2 Å². The van der Waals surface area contributed by atoms with Gasteiger partial charge in [0.1, 0.15) is 5.75 Å². The first-order valence-corrected chi connectivity index (χ1v) is 6.97. The fraction of sp³-hybridized carbons (Fsp3) is 0.286. The quantitative estimate of drug-likeness (QED) is 0.816. The van der Waals surface area contributed by atoms with E-state index in [1.165, 1.54) is 7.11 Å². The van der Waals surface area contributed by atoms with Crippen LogP contribution in [0.4, 0.5) is 4.79 Å². The molecule has 1 aliphatic heterocycles. The molecule has 1 atom stereocenters. The minimum Gasteiger partial charge on any atom is -0.497 e. The van der Waals surface area contributed by atoms with E-state index in [2.05, 4.69) is 26.6 Å². The summed E-state index contributed by atoms with van der Waals surface area (Å²) >= 11 is 3.43. The van der Waals surface area contributed by atoms with E-state index in [0.717, 1.165) is 4.47 Å². The smallest absolute Gasteiger partial charge is 0.337 e. The molecule has 0 radical (unpaired) electrons. The van der Waals surface area contributed by atoms with Gasteiger partial charge in [0.25, 0.3) is 0 Å². The molecule has 0 aromatic heterocycles. The maximum atomic E-state index is 12.0. The first-order chi connectivity index (χ1) is 9.97. The Hall–Kier alpha value is -2.02. The molecule has 0 spiro atoms. The number of esters is 1. The lowest BCUT2D eigenvalue weighted by atomic mass is 9.95. The largest absolute Gasteiger partial charge is 0.497 e. The van der Waals surface area contributed by atoms with Crippen molar-refractivity contribution in [3.05, 3.63) is 39.5 Å². The lowest BCUT2D eigenvalue weighted by molar-refractivity contribution is -0.136. The van der Waals surface area contributed by atoms with Crippen LogP contribution < -0.4 is 15.4 Å². The number of carbonyl (C=O) groups excluding carboxylic acids is 2. The van der Waals surface area contributed by atoms with E-state index in [0.29, 0.717) is 22.6 Å². The molecule has 6 nitrogen and oxygen atoms in total. The fourth-order valence-corrected chi connectivity index (χ4v) is 2.65. The molecular formula is C14H15BrN2O4. The van der Waals surface area contributed by atoms with Crippen molar-refractivity contribution in [3.8, 4) is 5.75 Å². The van der Waals surface area contributed by atoms with Crippen molar-refractivity contribution >= 4 is 27.9 Å². The number of allylic oxidation sites excluding steroid dienone is 1. The van der Waals surface area contributed by atoms with Crippen LogP contribution in [0.15, 0.2) is 33.9 Å². The number of amides is 2. The number of halogens is 1. The molecule has 0 bridgehead atoms. The third-order valence-electron chi connectivity index (χ3n) is 3.19. The van der Waals surface area contributed by atoms with Crippen molar-refractivity contribution in [2.24, 2.45) is 0 Å². The van der Waals surface area contributed by atoms with Gasteiger partial charge in [-0.2, -0.15) is 0 Å². The second-order valence-corrected chi connectivity index (χ2v) is 5.30. The van der Waals surface area contributed by atoms with E-state index in [1.807, 2.05) is 0 Å². The third-order valence-corrected chi connectivity index (χ3v) is 3.91. The molecule has 2 N–H and O–H groups in total. The molecule has 1 aromatic rings. The lowest BCUT2D eigenvalue weighted by Crippen LogP contribution is -2.45. The van der Waals surface area contributed by atoms with Crippen molar-refractivity contribution < 1.29 is 19.1 Å². The molecule has 2 rings (SSSR count). The number of rotatable bonds is 3. The molecular weight excluding hydrogens is 340 g/mol. The molecule has 0 unspecified atom stereocenters. The number of hydrogen-bond acceptors (Lipinski definition) is 4. The zero-order chi connectivity index (χ0) is 15.6. The fourth-order valence-electron chi connectivity index (χ4n) is 2.18. The van der Waals surface area contributed by atoms with E-state index in [-0.39, 0.29) is 6.03 Å². The van der Waals surface area contributed by atoms with Crippen molar-refractivity contribution in [1.29, 1.82) is 0 Å². The number of hydrogen-bond donors (Lipinski definition) is 2. The molecule has 0 saturated carbocycles. The van der Waals surface area contributed by atoms with Crippen LogP contribution in [0.1, 0.15) is 18.5 Å². The van der Waals surface area contributed by atoms with Crippen LogP contribution in [-0.2, 0) is 9.53 Å². The maximum absolute atomic E-state index is 12.0. The molecule has 21 heavy (non-hydrogen) atoms. The molecule has 112 valence electrons. The average molecular weight is 355 g/mol. The highest BCUT2D eigenvalue weighted by atomic mass is 79.9. The molecule has 0 saturated heterocycles. The monoisotopic (exact) mass is 354 g/mol. The van der Waals surface area contributed by atoms with Gasteiger partial charge in [-0.25, -0.2) is 9.59 Å². The Bertz CT molecular complexity index is 627. The predicted molar refractivity (Wildman–Crippen MR) is 79.8 cm³/mol. The number of benzene rings is 1. The second kappa shape index (κ2) is 6.17. The first kappa shape index (κ1) is 15.4. The number of nitrogens with one attached hydrogen (secondary N) is 2. The Morgan fingerprint density at radius 3 is 2.67 bits per heavy atom. The number of carbonyl (C=O) groups is 2.